The first-order chi connectivity index (χ1) is 8.54. The predicted octanol–water partition coefficient (Wildman–Crippen LogP) is 4.29. The van der Waals surface area contributed by atoms with Gasteiger partial charge < -0.3 is 0 Å². The molecule has 0 radical (unpaired) electrons. The Morgan fingerprint density at radius 2 is 2.00 bits per heavy atom. The average Bonchev–Trinajstić information content (AvgIpc) is 2.33. The first-order valence-electron chi connectivity index (χ1n) is 7.41. The molecule has 3 aliphatic carbocycles. The second-order valence-corrected chi connectivity index (χ2v) is 6.82. The maximum atomic E-state index is 12.4. The Morgan fingerprint density at radius 1 is 1.22 bits per heavy atom. The molecule has 4 atom stereocenters. The number of allylic oxidation sites excluding steroid dienone is 4. The molecule has 0 amide bonds. The van der Waals surface area contributed by atoms with Crippen LogP contribution in [-0.4, -0.2) is 5.78 Å². The summed E-state index contributed by atoms with van der Waals surface area (Å²) in [4.78, 5) is 12.4. The fourth-order valence-corrected chi connectivity index (χ4v) is 4.90. The minimum atomic E-state index is 0.321. The first kappa shape index (κ1) is 12.2. The molecule has 18 heavy (non-hydrogen) atoms. The monoisotopic (exact) mass is 244 g/mol. The number of ketones is 1. The van der Waals surface area contributed by atoms with Crippen molar-refractivity contribution in [2.24, 2.45) is 23.2 Å². The normalized spacial score (nSPS) is 43.7. The van der Waals surface area contributed by atoms with Gasteiger partial charge in [-0.05, 0) is 68.8 Å². The van der Waals surface area contributed by atoms with Crippen molar-refractivity contribution in [3.63, 3.8) is 0 Å². The van der Waals surface area contributed by atoms with Crippen LogP contribution in [0.5, 0.6) is 0 Å². The lowest BCUT2D eigenvalue weighted by Gasteiger charge is -2.54. The molecule has 1 saturated carbocycles. The first-order valence-corrected chi connectivity index (χ1v) is 7.41. The van der Waals surface area contributed by atoms with Crippen molar-refractivity contribution in [3.8, 4) is 0 Å². The summed E-state index contributed by atoms with van der Waals surface area (Å²) in [6.07, 6.45) is 10.6. The third-order valence-corrected chi connectivity index (χ3v) is 6.00. The smallest absolute Gasteiger partial charge is 0.161 e. The number of hydrogen-bond acceptors (Lipinski definition) is 1. The second-order valence-electron chi connectivity index (χ2n) is 6.82. The minimum Gasteiger partial charge on any atom is -0.294 e. The van der Waals surface area contributed by atoms with Gasteiger partial charge in [-0.1, -0.05) is 24.6 Å². The van der Waals surface area contributed by atoms with Crippen LogP contribution in [0, 0.1) is 23.2 Å². The molecule has 0 aromatic heterocycles. The van der Waals surface area contributed by atoms with E-state index in [0.717, 1.165) is 24.3 Å². The molecular formula is C17H24O. The van der Waals surface area contributed by atoms with E-state index in [1.807, 2.05) is 6.92 Å². The SMILES string of the molecule is CC1=CC[C@@H]2[C@H](CC[C@@H]3C(C)=CCC[C@]32C)C1=O. The summed E-state index contributed by atoms with van der Waals surface area (Å²) in [5, 5.41) is 0. The molecule has 0 heterocycles. The van der Waals surface area contributed by atoms with Crippen molar-refractivity contribution in [1.29, 1.82) is 0 Å². The highest BCUT2D eigenvalue weighted by Gasteiger charge is 2.51. The van der Waals surface area contributed by atoms with Gasteiger partial charge in [-0.2, -0.15) is 0 Å². The van der Waals surface area contributed by atoms with Crippen LogP contribution in [0.1, 0.15) is 52.9 Å². The van der Waals surface area contributed by atoms with Gasteiger partial charge in [0, 0.05) is 5.92 Å². The van der Waals surface area contributed by atoms with E-state index < -0.39 is 0 Å². The summed E-state index contributed by atoms with van der Waals surface area (Å²) in [5.74, 6) is 2.09. The van der Waals surface area contributed by atoms with Crippen molar-refractivity contribution in [3.05, 3.63) is 23.3 Å². The lowest BCUT2D eigenvalue weighted by molar-refractivity contribution is -0.127. The summed E-state index contributed by atoms with van der Waals surface area (Å²) in [6, 6.07) is 0. The third-order valence-electron chi connectivity index (χ3n) is 6.00. The van der Waals surface area contributed by atoms with Gasteiger partial charge >= 0.3 is 0 Å². The van der Waals surface area contributed by atoms with Crippen LogP contribution in [0.4, 0.5) is 0 Å². The molecule has 0 saturated heterocycles. The van der Waals surface area contributed by atoms with Gasteiger partial charge in [-0.25, -0.2) is 0 Å². The minimum absolute atomic E-state index is 0.321. The Kier molecular flexibility index (Phi) is 2.76. The van der Waals surface area contributed by atoms with E-state index in [1.165, 1.54) is 19.3 Å². The predicted molar refractivity (Wildman–Crippen MR) is 74.2 cm³/mol. The quantitative estimate of drug-likeness (QED) is 0.581. The van der Waals surface area contributed by atoms with E-state index >= 15 is 0 Å². The van der Waals surface area contributed by atoms with Gasteiger partial charge in [0.25, 0.3) is 0 Å². The zero-order valence-corrected chi connectivity index (χ0v) is 11.8. The highest BCUT2D eigenvalue weighted by atomic mass is 16.1. The fraction of sp³-hybridized carbons (Fsp3) is 0.706. The van der Waals surface area contributed by atoms with Gasteiger partial charge in [-0.15, -0.1) is 0 Å². The van der Waals surface area contributed by atoms with E-state index in [1.54, 1.807) is 5.57 Å². The maximum absolute atomic E-state index is 12.4. The second kappa shape index (κ2) is 4.08. The largest absolute Gasteiger partial charge is 0.294 e. The Labute approximate surface area is 110 Å². The zero-order chi connectivity index (χ0) is 12.9. The third kappa shape index (κ3) is 1.56. The van der Waals surface area contributed by atoms with Gasteiger partial charge in [0.05, 0.1) is 0 Å². The van der Waals surface area contributed by atoms with Crippen LogP contribution in [0.25, 0.3) is 0 Å². The van der Waals surface area contributed by atoms with Crippen molar-refractivity contribution in [2.45, 2.75) is 52.9 Å². The molecule has 0 unspecified atom stereocenters. The van der Waals surface area contributed by atoms with E-state index in [4.69, 9.17) is 0 Å². The Morgan fingerprint density at radius 3 is 2.78 bits per heavy atom. The number of carbonyl (C=O) groups excluding carboxylic acids is 1. The summed E-state index contributed by atoms with van der Waals surface area (Å²) in [7, 11) is 0. The molecule has 0 aliphatic heterocycles. The van der Waals surface area contributed by atoms with Gasteiger partial charge in [0.15, 0.2) is 5.78 Å². The Balaban J connectivity index is 1.99. The van der Waals surface area contributed by atoms with E-state index in [9.17, 15) is 4.79 Å². The van der Waals surface area contributed by atoms with E-state index in [0.29, 0.717) is 23.0 Å². The van der Waals surface area contributed by atoms with Crippen LogP contribution in [0.3, 0.4) is 0 Å². The highest BCUT2D eigenvalue weighted by molar-refractivity contribution is 5.97. The molecular weight excluding hydrogens is 220 g/mol. The summed E-state index contributed by atoms with van der Waals surface area (Å²) < 4.78 is 0. The van der Waals surface area contributed by atoms with Gasteiger partial charge in [0.2, 0.25) is 0 Å². The number of hydrogen-bond donors (Lipinski definition) is 0. The van der Waals surface area contributed by atoms with E-state index in [-0.39, 0.29) is 0 Å². The summed E-state index contributed by atoms with van der Waals surface area (Å²) >= 11 is 0. The number of rotatable bonds is 0. The van der Waals surface area contributed by atoms with Crippen LogP contribution in [0.2, 0.25) is 0 Å². The molecule has 0 bridgehead atoms. The molecule has 3 aliphatic rings. The Hall–Kier alpha value is -0.850. The molecule has 0 aromatic rings. The van der Waals surface area contributed by atoms with Crippen molar-refractivity contribution in [2.75, 3.05) is 0 Å². The molecule has 0 N–H and O–H groups in total. The highest BCUT2D eigenvalue weighted by Crippen LogP contribution is 2.58. The van der Waals surface area contributed by atoms with Crippen molar-refractivity contribution >= 4 is 5.78 Å². The van der Waals surface area contributed by atoms with Crippen molar-refractivity contribution in [1.82, 2.24) is 0 Å². The topological polar surface area (TPSA) is 17.1 Å². The lowest BCUT2D eigenvalue weighted by atomic mass is 9.50. The van der Waals surface area contributed by atoms with Gasteiger partial charge in [-0.3, -0.25) is 4.79 Å². The summed E-state index contributed by atoms with van der Waals surface area (Å²) in [5.41, 5.74) is 2.97. The molecule has 1 heteroatoms. The van der Waals surface area contributed by atoms with Crippen LogP contribution >= 0.6 is 0 Å². The molecule has 3 rings (SSSR count). The van der Waals surface area contributed by atoms with E-state index in [2.05, 4.69) is 26.0 Å². The average molecular weight is 244 g/mol. The van der Waals surface area contributed by atoms with Gasteiger partial charge in [0.1, 0.15) is 0 Å². The molecule has 98 valence electrons. The van der Waals surface area contributed by atoms with Crippen LogP contribution < -0.4 is 0 Å². The summed E-state index contributed by atoms with van der Waals surface area (Å²) in [6.45, 7) is 6.75. The molecule has 0 aromatic carbocycles. The standard InChI is InChI=1S/C17H24O/c1-11-5-4-10-17(3)14(11)9-7-13-15(17)8-6-12(2)16(13)18/h5-6,13-15H,4,7-10H2,1-3H3/t13-,14+,15+,17+/m0/s1. The zero-order valence-electron chi connectivity index (χ0n) is 11.8. The molecule has 1 fully saturated rings. The lowest BCUT2D eigenvalue weighted by Crippen LogP contribution is -2.48. The fourth-order valence-electron chi connectivity index (χ4n) is 4.90. The maximum Gasteiger partial charge on any atom is 0.161 e. The number of fused-ring (bicyclic) bond motifs is 3. The Bertz CT molecular complexity index is 443. The number of carbonyl (C=O) groups is 1. The number of Topliss-reactive ketones (excluding diaryl/α,β-unsaturated/α-hetero) is 1. The molecule has 0 spiro atoms. The van der Waals surface area contributed by atoms with Crippen LogP contribution in [0.15, 0.2) is 23.3 Å². The van der Waals surface area contributed by atoms with Crippen molar-refractivity contribution < 1.29 is 4.79 Å². The molecule has 1 nitrogen and oxygen atoms in total. The van der Waals surface area contributed by atoms with Crippen LogP contribution in [-0.2, 0) is 4.79 Å².